The second kappa shape index (κ2) is 14.4. The number of rotatable bonds is 13. The minimum absolute atomic E-state index is 0.0770. The molecule has 0 aliphatic rings. The van der Waals surface area contributed by atoms with Crippen molar-refractivity contribution >= 4 is 46.1 Å². The molecule has 3 aromatic rings. The fourth-order valence-electron chi connectivity index (χ4n) is 3.64. The van der Waals surface area contributed by atoms with E-state index in [1.165, 1.54) is 36.2 Å². The van der Waals surface area contributed by atoms with Gasteiger partial charge in [0.2, 0.25) is 5.91 Å². The van der Waals surface area contributed by atoms with E-state index >= 15 is 0 Å². The van der Waals surface area contributed by atoms with Crippen LogP contribution in [0, 0.1) is 5.92 Å². The Labute approximate surface area is 229 Å². The van der Waals surface area contributed by atoms with Crippen LogP contribution in [-0.4, -0.2) is 57.4 Å². The molecule has 12 heteroatoms. The smallest absolute Gasteiger partial charge is 0.358 e. The van der Waals surface area contributed by atoms with Crippen LogP contribution in [0.2, 0.25) is 0 Å². The van der Waals surface area contributed by atoms with E-state index in [1.54, 1.807) is 19.1 Å². The molecule has 2 heterocycles. The summed E-state index contributed by atoms with van der Waals surface area (Å²) < 4.78 is 11.4. The van der Waals surface area contributed by atoms with Crippen molar-refractivity contribution in [1.29, 1.82) is 0 Å². The Balaban J connectivity index is 1.77. The molecule has 3 rings (SSSR count). The lowest BCUT2D eigenvalue weighted by Gasteiger charge is -2.21. The van der Waals surface area contributed by atoms with Crippen molar-refractivity contribution in [1.82, 2.24) is 20.3 Å². The number of carbonyl (C=O) groups excluding carboxylic acids is 4. The van der Waals surface area contributed by atoms with Crippen LogP contribution in [0.5, 0.6) is 0 Å². The predicted octanol–water partition coefficient (Wildman–Crippen LogP) is 3.42. The number of carbonyl (C=O) groups is 4. The lowest BCUT2D eigenvalue weighted by molar-refractivity contribution is -0.148. The predicted molar refractivity (Wildman–Crippen MR) is 144 cm³/mol. The molecule has 0 bridgehead atoms. The number of nitrogens with one attached hydrogen (secondary N) is 1. The highest BCUT2D eigenvalue weighted by Crippen LogP contribution is 2.27. The van der Waals surface area contributed by atoms with E-state index in [9.17, 15) is 19.2 Å². The number of benzene rings is 1. The summed E-state index contributed by atoms with van der Waals surface area (Å²) in [6, 6.07) is 12.3. The first-order valence-electron chi connectivity index (χ1n) is 12.0. The molecular weight excluding hydrogens is 528 g/mol. The van der Waals surface area contributed by atoms with Crippen LogP contribution in [0.25, 0.3) is 0 Å². The van der Waals surface area contributed by atoms with Crippen LogP contribution >= 0.6 is 23.1 Å². The second-order valence-electron chi connectivity index (χ2n) is 8.29. The highest BCUT2D eigenvalue weighted by molar-refractivity contribution is 8.13. The summed E-state index contributed by atoms with van der Waals surface area (Å²) in [5, 5.41) is 10.5. The van der Waals surface area contributed by atoms with Gasteiger partial charge < -0.3 is 14.8 Å². The Morgan fingerprint density at radius 3 is 2.58 bits per heavy atom. The number of esters is 2. The number of aryl methyl sites for hydroxylation is 1. The quantitative estimate of drug-likeness (QED) is 0.314. The van der Waals surface area contributed by atoms with Crippen molar-refractivity contribution in [3.05, 3.63) is 69.7 Å². The summed E-state index contributed by atoms with van der Waals surface area (Å²) in [4.78, 5) is 51.2. The van der Waals surface area contributed by atoms with Crippen LogP contribution in [0.3, 0.4) is 0 Å². The standard InChI is InChI=1S/C26H30N4O6S2/c1-4-36-26(34)23(22-13-12-20(38-22)15-30-21(14-27-29-30)25(33)35-3)28-24(32)19(16-37-17(2)31)11-10-18-8-6-5-7-9-18/h5-9,12-14,19,23H,4,10-11,15-16H2,1-3H3,(H,28,32). The van der Waals surface area contributed by atoms with E-state index in [0.717, 1.165) is 22.2 Å². The Kier molecular flexibility index (Phi) is 11.0. The maximum Gasteiger partial charge on any atom is 0.358 e. The van der Waals surface area contributed by atoms with Gasteiger partial charge in [-0.2, -0.15) is 0 Å². The molecular formula is C26H30N4O6S2. The maximum absolute atomic E-state index is 13.4. The minimum atomic E-state index is -1.02. The highest BCUT2D eigenvalue weighted by Gasteiger charge is 2.29. The van der Waals surface area contributed by atoms with Crippen molar-refractivity contribution in [2.24, 2.45) is 5.92 Å². The van der Waals surface area contributed by atoms with Gasteiger partial charge in [0, 0.05) is 28.3 Å². The average Bonchev–Trinajstić information content (AvgIpc) is 3.57. The van der Waals surface area contributed by atoms with Crippen molar-refractivity contribution in [2.45, 2.75) is 39.3 Å². The summed E-state index contributed by atoms with van der Waals surface area (Å²) in [6.07, 6.45) is 2.49. The first kappa shape index (κ1) is 29.1. The van der Waals surface area contributed by atoms with Crippen LogP contribution < -0.4 is 5.32 Å². The van der Waals surface area contributed by atoms with Gasteiger partial charge in [-0.25, -0.2) is 14.3 Å². The number of hydrogen-bond acceptors (Lipinski definition) is 10. The zero-order valence-corrected chi connectivity index (χ0v) is 23.0. The normalized spacial score (nSPS) is 12.4. The Morgan fingerprint density at radius 2 is 1.89 bits per heavy atom. The molecule has 0 fully saturated rings. The van der Waals surface area contributed by atoms with Gasteiger partial charge in [-0.3, -0.25) is 9.59 Å². The topological polar surface area (TPSA) is 129 Å². The molecule has 10 nitrogen and oxygen atoms in total. The number of hydrogen-bond donors (Lipinski definition) is 1. The molecule has 0 spiro atoms. The van der Waals surface area contributed by atoms with E-state index in [1.807, 2.05) is 30.3 Å². The molecule has 202 valence electrons. The van der Waals surface area contributed by atoms with E-state index in [2.05, 4.69) is 15.6 Å². The number of methoxy groups -OCH3 is 1. The number of ether oxygens (including phenoxy) is 2. The Bertz CT molecular complexity index is 1240. The zero-order valence-electron chi connectivity index (χ0n) is 21.4. The third-order valence-electron chi connectivity index (χ3n) is 5.58. The largest absolute Gasteiger partial charge is 0.464 e. The summed E-state index contributed by atoms with van der Waals surface area (Å²) >= 11 is 2.38. The SMILES string of the molecule is CCOC(=O)C(NC(=O)C(CCc1ccccc1)CSC(C)=O)c1ccc(Cn2nncc2C(=O)OC)s1. The van der Waals surface area contributed by atoms with Crippen molar-refractivity contribution in [2.75, 3.05) is 19.5 Å². The van der Waals surface area contributed by atoms with Crippen LogP contribution in [0.4, 0.5) is 0 Å². The van der Waals surface area contributed by atoms with E-state index in [4.69, 9.17) is 9.47 Å². The van der Waals surface area contributed by atoms with Crippen molar-refractivity contribution in [3.63, 3.8) is 0 Å². The molecule has 2 aromatic heterocycles. The number of amides is 1. The van der Waals surface area contributed by atoms with Gasteiger partial charge in [0.05, 0.1) is 26.5 Å². The number of thioether (sulfide) groups is 1. The van der Waals surface area contributed by atoms with Gasteiger partial charge >= 0.3 is 11.9 Å². The first-order chi connectivity index (χ1) is 18.3. The van der Waals surface area contributed by atoms with E-state index < -0.39 is 23.9 Å². The third-order valence-corrected chi connectivity index (χ3v) is 7.69. The molecule has 1 amide bonds. The molecule has 0 radical (unpaired) electrons. The number of nitrogens with zero attached hydrogens (tertiary/aromatic N) is 3. The van der Waals surface area contributed by atoms with Gasteiger partial charge in [0.15, 0.2) is 16.9 Å². The number of thiophene rings is 1. The summed E-state index contributed by atoms with van der Waals surface area (Å²) in [7, 11) is 1.28. The van der Waals surface area contributed by atoms with Gasteiger partial charge in [0.25, 0.3) is 0 Å². The Hall–Kier alpha value is -3.51. The molecule has 2 atom stereocenters. The molecule has 2 unspecified atom stereocenters. The van der Waals surface area contributed by atoms with Crippen LogP contribution in [0.15, 0.2) is 48.7 Å². The van der Waals surface area contributed by atoms with Crippen molar-refractivity contribution < 1.29 is 28.7 Å². The van der Waals surface area contributed by atoms with Crippen LogP contribution in [0.1, 0.15) is 52.1 Å². The summed E-state index contributed by atoms with van der Waals surface area (Å²) in [6.45, 7) is 3.55. The van der Waals surface area contributed by atoms with Gasteiger partial charge in [-0.1, -0.05) is 47.3 Å². The first-order valence-corrected chi connectivity index (χ1v) is 13.8. The third kappa shape index (κ3) is 8.25. The zero-order chi connectivity index (χ0) is 27.5. The average molecular weight is 559 g/mol. The van der Waals surface area contributed by atoms with Crippen LogP contribution in [-0.2, 0) is 36.8 Å². The minimum Gasteiger partial charge on any atom is -0.464 e. The van der Waals surface area contributed by atoms with Gasteiger partial charge in [-0.15, -0.1) is 16.4 Å². The Morgan fingerprint density at radius 1 is 1.13 bits per heavy atom. The summed E-state index contributed by atoms with van der Waals surface area (Å²) in [5.41, 5.74) is 1.28. The van der Waals surface area contributed by atoms with Gasteiger partial charge in [0.1, 0.15) is 0 Å². The molecule has 0 saturated carbocycles. The maximum atomic E-state index is 13.4. The lowest BCUT2D eigenvalue weighted by Crippen LogP contribution is -2.39. The molecule has 0 saturated heterocycles. The van der Waals surface area contributed by atoms with E-state index in [0.29, 0.717) is 23.5 Å². The lowest BCUT2D eigenvalue weighted by atomic mass is 9.99. The van der Waals surface area contributed by atoms with E-state index in [-0.39, 0.29) is 29.9 Å². The fraction of sp³-hybridized carbons (Fsp3) is 0.385. The molecule has 0 aliphatic carbocycles. The monoisotopic (exact) mass is 558 g/mol. The molecule has 38 heavy (non-hydrogen) atoms. The molecule has 0 aliphatic heterocycles. The van der Waals surface area contributed by atoms with Crippen molar-refractivity contribution in [3.8, 4) is 0 Å². The highest BCUT2D eigenvalue weighted by atomic mass is 32.2. The van der Waals surface area contributed by atoms with Gasteiger partial charge in [-0.05, 0) is 37.5 Å². The fourth-order valence-corrected chi connectivity index (χ4v) is 5.43. The number of aromatic nitrogens is 3. The second-order valence-corrected chi connectivity index (χ2v) is 10.7. The summed E-state index contributed by atoms with van der Waals surface area (Å²) in [5.74, 6) is -1.65. The molecule has 1 N–H and O–H groups in total. The molecule has 1 aromatic carbocycles.